The maximum atomic E-state index is 5.40. The lowest BCUT2D eigenvalue weighted by Crippen LogP contribution is -2.18. The zero-order valence-corrected chi connectivity index (χ0v) is 12.7. The van der Waals surface area contributed by atoms with Crippen LogP contribution < -0.4 is 10.6 Å². The number of rotatable bonds is 4. The lowest BCUT2D eigenvalue weighted by Gasteiger charge is -2.20. The molecule has 5 nitrogen and oxygen atoms in total. The van der Waals surface area contributed by atoms with Crippen LogP contribution in [-0.4, -0.2) is 17.0 Å². The van der Waals surface area contributed by atoms with Crippen LogP contribution in [0.1, 0.15) is 45.3 Å². The lowest BCUT2D eigenvalue weighted by molar-refractivity contribution is 0.489. The quantitative estimate of drug-likeness (QED) is 0.892. The van der Waals surface area contributed by atoms with Crippen molar-refractivity contribution in [1.29, 1.82) is 0 Å². The van der Waals surface area contributed by atoms with E-state index in [2.05, 4.69) is 41.4 Å². The van der Waals surface area contributed by atoms with Crippen LogP contribution in [0, 0.1) is 0 Å². The van der Waals surface area contributed by atoms with E-state index >= 15 is 0 Å². The number of nitrogens with one attached hydrogen (secondary N) is 2. The molecule has 108 valence electrons. The fourth-order valence-corrected chi connectivity index (χ4v) is 1.82. The van der Waals surface area contributed by atoms with E-state index in [1.165, 1.54) is 0 Å². The second-order valence-corrected chi connectivity index (χ2v) is 5.84. The van der Waals surface area contributed by atoms with E-state index in [1.807, 2.05) is 32.2 Å². The first kappa shape index (κ1) is 14.4. The summed E-state index contributed by atoms with van der Waals surface area (Å²) < 4.78 is 5.40. The minimum Gasteiger partial charge on any atom is -0.467 e. The summed E-state index contributed by atoms with van der Waals surface area (Å²) in [4.78, 5) is 9.11. The Labute approximate surface area is 119 Å². The van der Waals surface area contributed by atoms with Crippen LogP contribution in [-0.2, 0) is 5.41 Å². The number of aromatic nitrogens is 2. The molecule has 0 bridgehead atoms. The van der Waals surface area contributed by atoms with E-state index in [-0.39, 0.29) is 11.5 Å². The molecule has 2 heterocycles. The van der Waals surface area contributed by atoms with Crippen molar-refractivity contribution in [2.24, 2.45) is 0 Å². The van der Waals surface area contributed by atoms with Crippen LogP contribution >= 0.6 is 0 Å². The summed E-state index contributed by atoms with van der Waals surface area (Å²) in [5.41, 5.74) is -0.1000. The van der Waals surface area contributed by atoms with Gasteiger partial charge in [0.25, 0.3) is 0 Å². The number of nitrogens with zero attached hydrogens (tertiary/aromatic N) is 2. The van der Waals surface area contributed by atoms with E-state index in [4.69, 9.17) is 4.42 Å². The molecule has 0 aliphatic rings. The molecular formula is C15H22N4O. The van der Waals surface area contributed by atoms with Crippen molar-refractivity contribution in [3.8, 4) is 0 Å². The second kappa shape index (κ2) is 5.53. The van der Waals surface area contributed by atoms with Crippen LogP contribution in [0.4, 0.5) is 11.6 Å². The van der Waals surface area contributed by atoms with Gasteiger partial charge in [0.15, 0.2) is 0 Å². The van der Waals surface area contributed by atoms with E-state index in [9.17, 15) is 0 Å². The van der Waals surface area contributed by atoms with Gasteiger partial charge >= 0.3 is 0 Å². The van der Waals surface area contributed by atoms with E-state index in [0.717, 1.165) is 23.2 Å². The van der Waals surface area contributed by atoms with Crippen molar-refractivity contribution in [2.45, 2.75) is 39.2 Å². The molecular weight excluding hydrogens is 252 g/mol. The Bertz CT molecular complexity index is 558. The van der Waals surface area contributed by atoms with Gasteiger partial charge in [-0.3, -0.25) is 0 Å². The molecule has 0 aliphatic carbocycles. The lowest BCUT2D eigenvalue weighted by atomic mass is 9.96. The van der Waals surface area contributed by atoms with Crippen molar-refractivity contribution >= 4 is 11.6 Å². The van der Waals surface area contributed by atoms with Gasteiger partial charge in [-0.25, -0.2) is 9.97 Å². The largest absolute Gasteiger partial charge is 0.467 e. The van der Waals surface area contributed by atoms with Crippen molar-refractivity contribution in [3.05, 3.63) is 36.0 Å². The Hall–Kier alpha value is -2.04. The third-order valence-corrected chi connectivity index (χ3v) is 2.99. The van der Waals surface area contributed by atoms with Gasteiger partial charge in [-0.1, -0.05) is 20.8 Å². The minimum atomic E-state index is -0.1000. The van der Waals surface area contributed by atoms with Crippen molar-refractivity contribution < 1.29 is 4.42 Å². The second-order valence-electron chi connectivity index (χ2n) is 5.84. The molecule has 0 amide bonds. The van der Waals surface area contributed by atoms with E-state index in [1.54, 1.807) is 6.26 Å². The fraction of sp³-hybridized carbons (Fsp3) is 0.467. The molecule has 5 heteroatoms. The van der Waals surface area contributed by atoms with E-state index in [0.29, 0.717) is 0 Å². The third-order valence-electron chi connectivity index (χ3n) is 2.99. The summed E-state index contributed by atoms with van der Waals surface area (Å²) in [5.74, 6) is 3.28. The summed E-state index contributed by atoms with van der Waals surface area (Å²) >= 11 is 0. The van der Waals surface area contributed by atoms with Gasteiger partial charge in [0.05, 0.1) is 12.3 Å². The molecule has 20 heavy (non-hydrogen) atoms. The van der Waals surface area contributed by atoms with Crippen LogP contribution in [0.2, 0.25) is 0 Å². The molecule has 0 saturated carbocycles. The zero-order valence-electron chi connectivity index (χ0n) is 12.7. The first-order valence-corrected chi connectivity index (χ1v) is 6.77. The summed E-state index contributed by atoms with van der Waals surface area (Å²) in [6, 6.07) is 5.78. The molecule has 0 spiro atoms. The Morgan fingerprint density at radius 3 is 2.45 bits per heavy atom. The van der Waals surface area contributed by atoms with Crippen LogP contribution in [0.5, 0.6) is 0 Å². The van der Waals surface area contributed by atoms with Gasteiger partial charge in [0.1, 0.15) is 23.2 Å². The number of anilines is 2. The highest BCUT2D eigenvalue weighted by Gasteiger charge is 2.19. The number of hydrogen-bond acceptors (Lipinski definition) is 5. The summed E-state index contributed by atoms with van der Waals surface area (Å²) in [7, 11) is 1.86. The van der Waals surface area contributed by atoms with Gasteiger partial charge in [-0.05, 0) is 19.1 Å². The van der Waals surface area contributed by atoms with E-state index < -0.39 is 0 Å². The monoisotopic (exact) mass is 274 g/mol. The topological polar surface area (TPSA) is 63.0 Å². The highest BCUT2D eigenvalue weighted by atomic mass is 16.3. The first-order chi connectivity index (χ1) is 9.40. The standard InChI is InChI=1S/C15H22N4O/c1-10(11-7-6-8-20-11)17-13-9-12(16-5)18-14(19-13)15(2,3)4/h6-10H,1-5H3,(H2,16,17,18,19). The predicted molar refractivity (Wildman–Crippen MR) is 81.0 cm³/mol. The molecule has 2 rings (SSSR count). The maximum absolute atomic E-state index is 5.40. The average Bonchev–Trinajstić information content (AvgIpc) is 2.91. The average molecular weight is 274 g/mol. The Balaban J connectivity index is 2.27. The fourth-order valence-electron chi connectivity index (χ4n) is 1.82. The highest BCUT2D eigenvalue weighted by Crippen LogP contribution is 2.24. The third kappa shape index (κ3) is 3.29. The molecule has 0 fully saturated rings. The molecule has 0 aromatic carbocycles. The number of hydrogen-bond donors (Lipinski definition) is 2. The Morgan fingerprint density at radius 1 is 1.20 bits per heavy atom. The van der Waals surface area contributed by atoms with Crippen molar-refractivity contribution in [3.63, 3.8) is 0 Å². The highest BCUT2D eigenvalue weighted by molar-refractivity contribution is 5.48. The molecule has 2 N–H and O–H groups in total. The van der Waals surface area contributed by atoms with Crippen LogP contribution in [0.25, 0.3) is 0 Å². The number of furan rings is 1. The molecule has 0 aliphatic heterocycles. The van der Waals surface area contributed by atoms with Gasteiger partial charge in [0.2, 0.25) is 0 Å². The summed E-state index contributed by atoms with van der Waals surface area (Å²) in [5, 5.41) is 6.42. The Morgan fingerprint density at radius 2 is 1.90 bits per heavy atom. The molecule has 0 radical (unpaired) electrons. The predicted octanol–water partition coefficient (Wildman–Crippen LogP) is 3.58. The molecule has 0 saturated heterocycles. The minimum absolute atomic E-state index is 0.0532. The first-order valence-electron chi connectivity index (χ1n) is 6.77. The molecule has 2 aromatic rings. The zero-order chi connectivity index (χ0) is 14.8. The van der Waals surface area contributed by atoms with Crippen LogP contribution in [0.3, 0.4) is 0 Å². The normalized spacial score (nSPS) is 13.1. The Kier molecular flexibility index (Phi) is 3.97. The molecule has 1 atom stereocenters. The SMILES string of the molecule is CNc1cc(NC(C)c2ccco2)nc(C(C)(C)C)n1. The summed E-state index contributed by atoms with van der Waals surface area (Å²) in [6.45, 7) is 8.33. The smallest absolute Gasteiger partial charge is 0.138 e. The van der Waals surface area contributed by atoms with Gasteiger partial charge in [0, 0.05) is 18.5 Å². The van der Waals surface area contributed by atoms with Crippen molar-refractivity contribution in [2.75, 3.05) is 17.7 Å². The molecule has 2 aromatic heterocycles. The van der Waals surface area contributed by atoms with Gasteiger partial charge < -0.3 is 15.1 Å². The van der Waals surface area contributed by atoms with Crippen LogP contribution in [0.15, 0.2) is 28.9 Å². The van der Waals surface area contributed by atoms with Gasteiger partial charge in [-0.15, -0.1) is 0 Å². The van der Waals surface area contributed by atoms with Gasteiger partial charge in [-0.2, -0.15) is 0 Å². The van der Waals surface area contributed by atoms with Crippen molar-refractivity contribution in [1.82, 2.24) is 9.97 Å². The maximum Gasteiger partial charge on any atom is 0.138 e. The summed E-state index contributed by atoms with van der Waals surface area (Å²) in [6.07, 6.45) is 1.67. The molecule has 1 unspecified atom stereocenters.